The van der Waals surface area contributed by atoms with Gasteiger partial charge in [0.2, 0.25) is 0 Å². The molecule has 2 atom stereocenters. The van der Waals surface area contributed by atoms with Gasteiger partial charge in [-0.3, -0.25) is 4.68 Å². The fourth-order valence-corrected chi connectivity index (χ4v) is 2.39. The van der Waals surface area contributed by atoms with E-state index in [0.29, 0.717) is 12.0 Å². The second kappa shape index (κ2) is 4.66. The van der Waals surface area contributed by atoms with Gasteiger partial charge >= 0.3 is 0 Å². The molecule has 0 saturated heterocycles. The number of hydrogen-bond donors (Lipinski definition) is 2. The summed E-state index contributed by atoms with van der Waals surface area (Å²) in [5.74, 6) is 0.624. The average molecular weight is 208 g/mol. The number of aryl methyl sites for hydroxylation is 1. The zero-order valence-electron chi connectivity index (χ0n) is 9.32. The molecule has 4 nitrogen and oxygen atoms in total. The highest BCUT2D eigenvalue weighted by Gasteiger charge is 2.23. The number of anilines is 1. The van der Waals surface area contributed by atoms with Crippen LogP contribution in [0.1, 0.15) is 25.7 Å². The average Bonchev–Trinajstić information content (AvgIpc) is 2.65. The fraction of sp³-hybridized carbons (Fsp3) is 0.727. The lowest BCUT2D eigenvalue weighted by atomic mass is 9.84. The Balaban J connectivity index is 1.97. The molecule has 3 N–H and O–H groups in total. The van der Waals surface area contributed by atoms with Crippen LogP contribution in [0.2, 0.25) is 0 Å². The van der Waals surface area contributed by atoms with Gasteiger partial charge in [0.1, 0.15) is 0 Å². The van der Waals surface area contributed by atoms with Crippen molar-refractivity contribution in [2.45, 2.75) is 31.7 Å². The second-order valence-electron chi connectivity index (χ2n) is 4.43. The number of rotatable bonds is 3. The molecule has 1 heterocycles. The molecule has 1 aromatic rings. The lowest BCUT2D eigenvalue weighted by Crippen LogP contribution is -2.36. The van der Waals surface area contributed by atoms with Crippen LogP contribution in [-0.4, -0.2) is 22.4 Å². The van der Waals surface area contributed by atoms with Gasteiger partial charge in [0, 0.05) is 19.3 Å². The third-order valence-corrected chi connectivity index (χ3v) is 3.27. The Morgan fingerprint density at radius 3 is 3.00 bits per heavy atom. The van der Waals surface area contributed by atoms with E-state index >= 15 is 0 Å². The molecule has 0 amide bonds. The molecule has 0 aromatic carbocycles. The van der Waals surface area contributed by atoms with E-state index in [1.165, 1.54) is 25.7 Å². The number of nitrogens with zero attached hydrogens (tertiary/aromatic N) is 2. The molecule has 15 heavy (non-hydrogen) atoms. The van der Waals surface area contributed by atoms with Crippen molar-refractivity contribution in [1.29, 1.82) is 0 Å². The van der Waals surface area contributed by atoms with Gasteiger partial charge in [0.05, 0.1) is 11.9 Å². The number of aromatic nitrogens is 2. The Bertz CT molecular complexity index is 307. The first-order valence-electron chi connectivity index (χ1n) is 5.75. The van der Waals surface area contributed by atoms with Crippen LogP contribution in [-0.2, 0) is 7.05 Å². The minimum atomic E-state index is 0.535. The van der Waals surface area contributed by atoms with Gasteiger partial charge < -0.3 is 11.1 Å². The lowest BCUT2D eigenvalue weighted by Gasteiger charge is -2.31. The smallest absolute Gasteiger partial charge is 0.0728 e. The van der Waals surface area contributed by atoms with Crippen LogP contribution in [0.3, 0.4) is 0 Å². The molecular weight excluding hydrogens is 188 g/mol. The minimum Gasteiger partial charge on any atom is -0.379 e. The van der Waals surface area contributed by atoms with E-state index in [4.69, 9.17) is 5.73 Å². The van der Waals surface area contributed by atoms with Crippen molar-refractivity contribution in [2.75, 3.05) is 11.9 Å². The minimum absolute atomic E-state index is 0.535. The summed E-state index contributed by atoms with van der Waals surface area (Å²) in [4.78, 5) is 0. The van der Waals surface area contributed by atoms with Crippen LogP contribution in [0.25, 0.3) is 0 Å². The largest absolute Gasteiger partial charge is 0.379 e. The zero-order valence-corrected chi connectivity index (χ0v) is 9.32. The maximum Gasteiger partial charge on any atom is 0.0728 e. The standard InChI is InChI=1S/C11H20N4/c1-15-8-10(7-13-15)14-11-5-3-2-4-9(11)6-12/h7-9,11,14H,2-6,12H2,1H3. The Labute approximate surface area is 90.8 Å². The predicted molar refractivity (Wildman–Crippen MR) is 61.6 cm³/mol. The quantitative estimate of drug-likeness (QED) is 0.788. The van der Waals surface area contributed by atoms with Gasteiger partial charge in [-0.15, -0.1) is 0 Å². The monoisotopic (exact) mass is 208 g/mol. The molecule has 1 saturated carbocycles. The lowest BCUT2D eigenvalue weighted by molar-refractivity contribution is 0.332. The van der Waals surface area contributed by atoms with Crippen LogP contribution in [0, 0.1) is 5.92 Å². The van der Waals surface area contributed by atoms with E-state index in [-0.39, 0.29) is 0 Å². The van der Waals surface area contributed by atoms with Gasteiger partial charge in [-0.25, -0.2) is 0 Å². The third-order valence-electron chi connectivity index (χ3n) is 3.27. The van der Waals surface area contributed by atoms with Crippen LogP contribution >= 0.6 is 0 Å². The molecule has 1 aromatic heterocycles. The third kappa shape index (κ3) is 2.50. The molecule has 0 bridgehead atoms. The molecule has 1 aliphatic carbocycles. The highest BCUT2D eigenvalue weighted by Crippen LogP contribution is 2.26. The van der Waals surface area contributed by atoms with Crippen molar-refractivity contribution in [3.63, 3.8) is 0 Å². The summed E-state index contributed by atoms with van der Waals surface area (Å²) in [6.07, 6.45) is 9.02. The topological polar surface area (TPSA) is 55.9 Å². The maximum atomic E-state index is 5.79. The Morgan fingerprint density at radius 2 is 2.33 bits per heavy atom. The van der Waals surface area contributed by atoms with Crippen LogP contribution in [0.15, 0.2) is 12.4 Å². The van der Waals surface area contributed by atoms with Gasteiger partial charge in [-0.05, 0) is 25.3 Å². The predicted octanol–water partition coefficient (Wildman–Crippen LogP) is 1.35. The van der Waals surface area contributed by atoms with Crippen molar-refractivity contribution >= 4 is 5.69 Å². The molecule has 4 heteroatoms. The van der Waals surface area contributed by atoms with E-state index in [9.17, 15) is 0 Å². The molecule has 0 spiro atoms. The zero-order chi connectivity index (χ0) is 10.7. The van der Waals surface area contributed by atoms with E-state index < -0.39 is 0 Å². The number of hydrogen-bond acceptors (Lipinski definition) is 3. The van der Waals surface area contributed by atoms with Crippen molar-refractivity contribution in [3.8, 4) is 0 Å². The van der Waals surface area contributed by atoms with Crippen LogP contribution in [0.5, 0.6) is 0 Å². The van der Waals surface area contributed by atoms with Crippen molar-refractivity contribution in [2.24, 2.45) is 18.7 Å². The van der Waals surface area contributed by atoms with Gasteiger partial charge in [-0.2, -0.15) is 5.10 Å². The molecule has 1 aliphatic rings. The Hall–Kier alpha value is -1.03. The molecule has 84 valence electrons. The van der Waals surface area contributed by atoms with Gasteiger partial charge in [-0.1, -0.05) is 12.8 Å². The van der Waals surface area contributed by atoms with Crippen molar-refractivity contribution < 1.29 is 0 Å². The summed E-state index contributed by atoms with van der Waals surface area (Å²) in [5, 5.41) is 7.70. The van der Waals surface area contributed by atoms with Crippen molar-refractivity contribution in [3.05, 3.63) is 12.4 Å². The first-order chi connectivity index (χ1) is 7.29. The van der Waals surface area contributed by atoms with E-state index in [0.717, 1.165) is 12.2 Å². The molecule has 2 rings (SSSR count). The second-order valence-corrected chi connectivity index (χ2v) is 4.43. The van der Waals surface area contributed by atoms with Gasteiger partial charge in [0.25, 0.3) is 0 Å². The Kier molecular flexibility index (Phi) is 3.26. The summed E-state index contributed by atoms with van der Waals surface area (Å²) < 4.78 is 1.82. The highest BCUT2D eigenvalue weighted by atomic mass is 15.3. The van der Waals surface area contributed by atoms with E-state index in [1.807, 2.05) is 24.1 Å². The summed E-state index contributed by atoms with van der Waals surface area (Å²) in [6, 6.07) is 0.535. The molecule has 0 radical (unpaired) electrons. The molecule has 2 unspecified atom stereocenters. The summed E-state index contributed by atoms with van der Waals surface area (Å²) in [5.41, 5.74) is 6.91. The first kappa shape index (κ1) is 10.5. The molecule has 0 aliphatic heterocycles. The fourth-order valence-electron chi connectivity index (χ4n) is 2.39. The summed E-state index contributed by atoms with van der Waals surface area (Å²) >= 11 is 0. The SMILES string of the molecule is Cn1cc(NC2CCCCC2CN)cn1. The highest BCUT2D eigenvalue weighted by molar-refractivity contribution is 5.39. The van der Waals surface area contributed by atoms with Crippen LogP contribution in [0.4, 0.5) is 5.69 Å². The number of nitrogens with one attached hydrogen (secondary N) is 1. The van der Waals surface area contributed by atoms with E-state index in [1.54, 1.807) is 0 Å². The normalized spacial score (nSPS) is 26.5. The summed E-state index contributed by atoms with van der Waals surface area (Å²) in [6.45, 7) is 0.790. The summed E-state index contributed by atoms with van der Waals surface area (Å²) in [7, 11) is 1.94. The Morgan fingerprint density at radius 1 is 1.53 bits per heavy atom. The van der Waals surface area contributed by atoms with Gasteiger partial charge in [0.15, 0.2) is 0 Å². The maximum absolute atomic E-state index is 5.79. The van der Waals surface area contributed by atoms with Crippen molar-refractivity contribution in [1.82, 2.24) is 9.78 Å². The van der Waals surface area contributed by atoms with E-state index in [2.05, 4.69) is 10.4 Å². The number of nitrogens with two attached hydrogens (primary N) is 1. The first-order valence-corrected chi connectivity index (χ1v) is 5.75. The molecular formula is C11H20N4. The molecule has 1 fully saturated rings. The van der Waals surface area contributed by atoms with Crippen LogP contribution < -0.4 is 11.1 Å².